The molecule has 6 atom stereocenters. The lowest BCUT2D eigenvalue weighted by Crippen LogP contribution is -2.57. The molecule has 2 saturated heterocycles. The number of thiophene rings is 1. The number of benzene rings is 3. The van der Waals surface area contributed by atoms with Crippen LogP contribution in [0.2, 0.25) is 0 Å². The number of aromatic nitrogens is 4. The number of ether oxygens (including phenoxy) is 2. The lowest BCUT2D eigenvalue weighted by atomic mass is 9.85. The van der Waals surface area contributed by atoms with Crippen molar-refractivity contribution in [2.24, 2.45) is 16.3 Å². The molecule has 82 heavy (non-hydrogen) atoms. The highest BCUT2D eigenvalue weighted by atomic mass is 32.1. The second kappa shape index (κ2) is 22.5. The van der Waals surface area contributed by atoms with Crippen LogP contribution < -0.4 is 25.6 Å². The molecule has 3 fully saturated rings. The number of amides is 4. The van der Waals surface area contributed by atoms with E-state index in [9.17, 15) is 29.1 Å². The molecule has 4 aromatic heterocycles. The standard InChI is InChI=1S/C61H68N10O9S2/c1-31-34(4)82-60-51(31)52(65-46(27-50(73)78-9)55-68-67-35(5)71(55)60)37-14-16-42(17-15-37)69-21-20-39(28-69)56(74)64-41-24-45(25-41)79-44-18-19-48-40(22-44)23-49(80-48)58(76)66-54(61(6,7)8)59(77)70-29-43(72)26-47(70)57(75)63-32(2)36-10-12-38(13-11-36)53-33(3)62-30-81-53/h10-19,22-23,30,32,39,41,43,45-47,54,72H,20-21,24-29H2,1-9H3,(H,63,75)(H,64,74)(H,66,76)/t32-,39-,41?,43+,45?,46-,47-,54+/m0/s1. The number of carbonyl (C=O) groups excluding carboxylic acids is 5. The van der Waals surface area contributed by atoms with Crippen molar-refractivity contribution in [3.05, 3.63) is 129 Å². The van der Waals surface area contributed by atoms with Gasteiger partial charge < -0.3 is 44.7 Å². The minimum absolute atomic E-state index is 0.00533. The normalized spacial score (nSPS) is 21.2. The molecule has 7 aromatic rings. The Balaban J connectivity index is 0.669. The molecule has 0 bridgehead atoms. The summed E-state index contributed by atoms with van der Waals surface area (Å²) in [6, 6.07) is 20.1. The maximum absolute atomic E-state index is 14.4. The van der Waals surface area contributed by atoms with Crippen molar-refractivity contribution in [2.75, 3.05) is 31.6 Å². The molecule has 19 nitrogen and oxygen atoms in total. The second-order valence-electron chi connectivity index (χ2n) is 23.2. The van der Waals surface area contributed by atoms with Crippen molar-refractivity contribution in [3.63, 3.8) is 0 Å². The Morgan fingerprint density at radius 1 is 0.890 bits per heavy atom. The molecule has 1 aliphatic carbocycles. The highest BCUT2D eigenvalue weighted by Gasteiger charge is 2.45. The highest BCUT2D eigenvalue weighted by molar-refractivity contribution is 7.15. The summed E-state index contributed by atoms with van der Waals surface area (Å²) >= 11 is 3.23. The number of aliphatic imine (C=N–C) groups is 1. The summed E-state index contributed by atoms with van der Waals surface area (Å²) in [5.74, 6) is -0.0692. The molecule has 7 heterocycles. The number of hydrogen-bond donors (Lipinski definition) is 4. The molecule has 4 N–H and O–H groups in total. The Bertz CT molecular complexity index is 3630. The fraction of sp³-hybridized carbons (Fsp3) is 0.426. The van der Waals surface area contributed by atoms with Gasteiger partial charge in [0.1, 0.15) is 46.4 Å². The summed E-state index contributed by atoms with van der Waals surface area (Å²) in [5.41, 5.74) is 9.19. The van der Waals surface area contributed by atoms with E-state index in [1.807, 2.05) is 75.9 Å². The Morgan fingerprint density at radius 2 is 1.63 bits per heavy atom. The molecule has 428 valence electrons. The molecule has 0 unspecified atom stereocenters. The number of anilines is 1. The second-order valence-corrected chi connectivity index (χ2v) is 25.2. The first-order valence-corrected chi connectivity index (χ1v) is 29.5. The van der Waals surface area contributed by atoms with Crippen molar-refractivity contribution in [1.29, 1.82) is 0 Å². The van der Waals surface area contributed by atoms with Gasteiger partial charge in [-0.1, -0.05) is 57.2 Å². The van der Waals surface area contributed by atoms with E-state index in [0.29, 0.717) is 41.9 Å². The van der Waals surface area contributed by atoms with Gasteiger partial charge in [-0.25, -0.2) is 4.98 Å². The minimum Gasteiger partial charge on any atom is -0.490 e. The molecule has 0 radical (unpaired) electrons. The molecule has 21 heteroatoms. The van der Waals surface area contributed by atoms with Crippen LogP contribution in [0.1, 0.15) is 127 Å². The van der Waals surface area contributed by atoms with Crippen LogP contribution in [0.3, 0.4) is 0 Å². The van der Waals surface area contributed by atoms with Crippen LogP contribution in [-0.4, -0.2) is 122 Å². The maximum atomic E-state index is 14.4. The quantitative estimate of drug-likeness (QED) is 0.0707. The Kier molecular flexibility index (Phi) is 15.4. The SMILES string of the molecule is COC(=O)C[C@@H]1N=C(c2ccc(N3CC[C@H](C(=O)NC4CC(Oc5ccc6oc(C(=O)N[C@H](C(=O)N7C[C@H](O)C[C@H]7C(=O)N[C@@H](C)c7ccc(-c8scnc8C)cc7)C(C)(C)C)cc6c5)C4)C3)cc2)c2c(sc(C)c2C)-n2c(C)nnc21. The summed E-state index contributed by atoms with van der Waals surface area (Å²) in [4.78, 5) is 83.8. The number of likely N-dealkylation sites (tertiary alicyclic amines) is 1. The molecular weight excluding hydrogens is 1080 g/mol. The average molecular weight is 1150 g/mol. The Labute approximate surface area is 483 Å². The van der Waals surface area contributed by atoms with E-state index < -0.39 is 47.4 Å². The van der Waals surface area contributed by atoms with Crippen LogP contribution in [0, 0.1) is 39.0 Å². The summed E-state index contributed by atoms with van der Waals surface area (Å²) in [6.07, 6.45) is 1.08. The van der Waals surface area contributed by atoms with Crippen molar-refractivity contribution >= 4 is 74.6 Å². The summed E-state index contributed by atoms with van der Waals surface area (Å²) in [5, 5.41) is 30.4. The van der Waals surface area contributed by atoms with Crippen LogP contribution in [0.15, 0.2) is 87.7 Å². The highest BCUT2D eigenvalue weighted by Crippen LogP contribution is 2.41. The van der Waals surface area contributed by atoms with E-state index in [4.69, 9.17) is 18.9 Å². The van der Waals surface area contributed by atoms with Crippen LogP contribution in [0.25, 0.3) is 26.4 Å². The van der Waals surface area contributed by atoms with Gasteiger partial charge in [-0.05, 0) is 99.5 Å². The molecule has 0 spiro atoms. The van der Waals surface area contributed by atoms with Gasteiger partial charge in [-0.2, -0.15) is 0 Å². The van der Waals surface area contributed by atoms with Crippen molar-refractivity contribution in [1.82, 2.24) is 40.6 Å². The van der Waals surface area contributed by atoms with Gasteiger partial charge in [0.2, 0.25) is 17.7 Å². The van der Waals surface area contributed by atoms with E-state index in [0.717, 1.165) is 78.5 Å². The molecular formula is C61H68N10O9S2. The van der Waals surface area contributed by atoms with Crippen LogP contribution in [-0.2, 0) is 23.9 Å². The summed E-state index contributed by atoms with van der Waals surface area (Å²) in [7, 11) is 1.37. The van der Waals surface area contributed by atoms with Gasteiger partial charge >= 0.3 is 5.97 Å². The van der Waals surface area contributed by atoms with Gasteiger partial charge in [0.05, 0.1) is 53.4 Å². The molecule has 3 aliphatic heterocycles. The van der Waals surface area contributed by atoms with Gasteiger partial charge in [-0.3, -0.25) is 33.5 Å². The maximum Gasteiger partial charge on any atom is 0.308 e. The smallest absolute Gasteiger partial charge is 0.308 e. The zero-order chi connectivity index (χ0) is 57.9. The third kappa shape index (κ3) is 11.2. The first-order valence-electron chi connectivity index (χ1n) is 27.8. The number of thiazole rings is 1. The number of fused-ring (bicyclic) bond motifs is 4. The monoisotopic (exact) mass is 1150 g/mol. The molecule has 3 aromatic carbocycles. The number of β-amino-alcohol motifs (C(OH)–C–C–N with tert-alkyl or cyclic N) is 1. The topological polar surface area (TPSA) is 236 Å². The predicted molar refractivity (Wildman–Crippen MR) is 313 cm³/mol. The molecule has 4 aliphatic rings. The number of furan rings is 1. The zero-order valence-electron chi connectivity index (χ0n) is 47.4. The first kappa shape index (κ1) is 56.1. The van der Waals surface area contributed by atoms with Gasteiger partial charge in [0.25, 0.3) is 5.91 Å². The Morgan fingerprint density at radius 3 is 2.34 bits per heavy atom. The average Bonchev–Trinajstić information content (AvgIpc) is 2.99. The first-order chi connectivity index (χ1) is 39.2. The number of aryl methyl sites for hydroxylation is 3. The van der Waals surface area contributed by atoms with E-state index in [1.165, 1.54) is 12.0 Å². The number of methoxy groups -OCH3 is 1. The predicted octanol–water partition coefficient (Wildman–Crippen LogP) is 8.42. The van der Waals surface area contributed by atoms with Crippen LogP contribution in [0.5, 0.6) is 5.75 Å². The van der Waals surface area contributed by atoms with Crippen LogP contribution >= 0.6 is 22.7 Å². The van der Waals surface area contributed by atoms with E-state index in [-0.39, 0.29) is 61.1 Å². The third-order valence-corrected chi connectivity index (χ3v) is 18.5. The third-order valence-electron chi connectivity index (χ3n) is 16.4. The number of rotatable bonds is 15. The molecule has 1 saturated carbocycles. The number of esters is 1. The summed E-state index contributed by atoms with van der Waals surface area (Å²) in [6.45, 7) is 16.7. The lowest BCUT2D eigenvalue weighted by Gasteiger charge is -2.36. The van der Waals surface area contributed by atoms with Gasteiger partial charge in [0.15, 0.2) is 11.6 Å². The van der Waals surface area contributed by atoms with E-state index >= 15 is 0 Å². The van der Waals surface area contributed by atoms with E-state index in [2.05, 4.69) is 74.1 Å². The van der Waals surface area contributed by atoms with Gasteiger partial charge in [-0.15, -0.1) is 32.9 Å². The fourth-order valence-electron chi connectivity index (χ4n) is 11.5. The van der Waals surface area contributed by atoms with Crippen LogP contribution in [0.4, 0.5) is 5.69 Å². The number of nitrogens with one attached hydrogen (secondary N) is 3. The lowest BCUT2D eigenvalue weighted by molar-refractivity contribution is -0.142. The number of aliphatic hydroxyl groups is 1. The minimum atomic E-state index is -1.06. The largest absolute Gasteiger partial charge is 0.490 e. The van der Waals surface area contributed by atoms with Gasteiger partial charge in [0, 0.05) is 72.0 Å². The number of carbonyl (C=O) groups is 5. The molecule has 11 rings (SSSR count). The van der Waals surface area contributed by atoms with Crippen molar-refractivity contribution in [2.45, 2.75) is 130 Å². The fourth-order valence-corrected chi connectivity index (χ4v) is 13.5. The summed E-state index contributed by atoms with van der Waals surface area (Å²) < 4.78 is 19.4. The Hall–Kier alpha value is -7.75. The van der Waals surface area contributed by atoms with E-state index in [1.54, 1.807) is 46.9 Å². The van der Waals surface area contributed by atoms with Crippen molar-refractivity contribution < 1.29 is 43.0 Å². The molecule has 4 amide bonds. The zero-order valence-corrected chi connectivity index (χ0v) is 49.1. The van der Waals surface area contributed by atoms with Crippen molar-refractivity contribution in [3.8, 4) is 21.2 Å². The number of aliphatic hydroxyl groups excluding tert-OH is 1. The number of hydrogen-bond acceptors (Lipinski definition) is 16. The number of nitrogens with zero attached hydrogens (tertiary/aromatic N) is 7.